The van der Waals surface area contributed by atoms with Crippen LogP contribution in [0.4, 0.5) is 10.6 Å². The Labute approximate surface area is 155 Å². The monoisotopic (exact) mass is 409 g/mol. The van der Waals surface area contributed by atoms with E-state index in [0.29, 0.717) is 24.8 Å². The van der Waals surface area contributed by atoms with E-state index in [1.807, 2.05) is 32.4 Å². The lowest BCUT2D eigenvalue weighted by molar-refractivity contribution is 0.0205. The van der Waals surface area contributed by atoms with Gasteiger partial charge in [0, 0.05) is 25.7 Å². The van der Waals surface area contributed by atoms with Crippen molar-refractivity contribution in [2.75, 3.05) is 18.8 Å². The molecule has 1 fully saturated rings. The number of nitrogens with two attached hydrogens (primary N) is 1. The first kappa shape index (κ1) is 18.0. The lowest BCUT2D eigenvalue weighted by atomic mass is 9.89. The van der Waals surface area contributed by atoms with Gasteiger partial charge in [0.1, 0.15) is 23.4 Å². The average Bonchev–Trinajstić information content (AvgIpc) is 2.79. The number of hydrogen-bond donors (Lipinski definition) is 1. The fraction of sp³-hybridized carbons (Fsp3) is 0.588. The molecule has 7 nitrogen and oxygen atoms in total. The normalized spacial score (nSPS) is 16.4. The van der Waals surface area contributed by atoms with Gasteiger partial charge >= 0.3 is 6.09 Å². The third-order valence-corrected chi connectivity index (χ3v) is 5.47. The van der Waals surface area contributed by atoms with Gasteiger partial charge in [0.05, 0.1) is 9.99 Å². The van der Waals surface area contributed by atoms with Crippen molar-refractivity contribution in [1.29, 1.82) is 0 Å². The number of aromatic nitrogens is 3. The molecule has 2 aromatic heterocycles. The molecule has 8 heteroatoms. The van der Waals surface area contributed by atoms with E-state index in [-0.39, 0.29) is 6.09 Å². The number of hydrogen-bond acceptors (Lipinski definition) is 5. The zero-order valence-corrected chi connectivity index (χ0v) is 16.6. The second kappa shape index (κ2) is 6.48. The largest absolute Gasteiger partial charge is 0.444 e. The van der Waals surface area contributed by atoms with Gasteiger partial charge in [0.15, 0.2) is 0 Å². The molecule has 0 bridgehead atoms. The van der Waals surface area contributed by atoms with Crippen molar-refractivity contribution in [2.45, 2.75) is 45.1 Å². The van der Waals surface area contributed by atoms with Gasteiger partial charge in [0.25, 0.3) is 0 Å². The summed E-state index contributed by atoms with van der Waals surface area (Å²) in [4.78, 5) is 22.5. The number of carbonyl (C=O) groups is 1. The summed E-state index contributed by atoms with van der Waals surface area (Å²) in [6, 6.07) is 0. The Morgan fingerprint density at radius 2 is 1.96 bits per heavy atom. The molecule has 1 amide bonds. The Morgan fingerprint density at radius 1 is 1.32 bits per heavy atom. The Balaban J connectivity index is 1.81. The number of halogens is 1. The van der Waals surface area contributed by atoms with E-state index < -0.39 is 5.60 Å². The van der Waals surface area contributed by atoms with Crippen LogP contribution in [0, 0.1) is 0 Å². The molecule has 3 rings (SSSR count). The van der Waals surface area contributed by atoms with Gasteiger partial charge in [-0.2, -0.15) is 0 Å². The molecule has 2 N–H and O–H groups in total. The first-order chi connectivity index (χ1) is 11.7. The quantitative estimate of drug-likeness (QED) is 0.779. The fourth-order valence-corrected chi connectivity index (χ4v) is 4.02. The third-order valence-electron chi connectivity index (χ3n) is 4.52. The Kier molecular flexibility index (Phi) is 4.66. The van der Waals surface area contributed by atoms with Crippen molar-refractivity contribution in [3.8, 4) is 0 Å². The van der Waals surface area contributed by atoms with E-state index in [1.165, 1.54) is 6.33 Å². The van der Waals surface area contributed by atoms with E-state index in [1.54, 1.807) is 4.90 Å². The number of carbonyl (C=O) groups excluding carboxylic acids is 1. The molecule has 0 saturated carbocycles. The molecule has 0 atom stereocenters. The Morgan fingerprint density at radius 3 is 2.56 bits per heavy atom. The van der Waals surface area contributed by atoms with Gasteiger partial charge in [0.2, 0.25) is 0 Å². The van der Waals surface area contributed by atoms with Gasteiger partial charge in [-0.1, -0.05) is 0 Å². The van der Waals surface area contributed by atoms with Crippen molar-refractivity contribution in [3.63, 3.8) is 0 Å². The van der Waals surface area contributed by atoms with E-state index in [4.69, 9.17) is 10.5 Å². The second-order valence-electron chi connectivity index (χ2n) is 7.46. The smallest absolute Gasteiger partial charge is 0.410 e. The maximum Gasteiger partial charge on any atom is 0.410 e. The predicted molar refractivity (Wildman–Crippen MR) is 100 cm³/mol. The lowest BCUT2D eigenvalue weighted by Crippen LogP contribution is -2.41. The van der Waals surface area contributed by atoms with Gasteiger partial charge in [-0.3, -0.25) is 0 Å². The van der Waals surface area contributed by atoms with Crippen LogP contribution in [-0.4, -0.2) is 44.2 Å². The summed E-state index contributed by atoms with van der Waals surface area (Å²) in [5.41, 5.74) is 7.61. The Bertz CT molecular complexity index is 803. The molecule has 136 valence electrons. The molecule has 0 aromatic carbocycles. The van der Waals surface area contributed by atoms with Gasteiger partial charge < -0.3 is 19.9 Å². The first-order valence-electron chi connectivity index (χ1n) is 8.41. The third kappa shape index (κ3) is 3.44. The molecule has 1 saturated heterocycles. The molecule has 3 heterocycles. The average molecular weight is 410 g/mol. The number of likely N-dealkylation sites (tertiary alicyclic amines) is 1. The van der Waals surface area contributed by atoms with Gasteiger partial charge in [-0.15, -0.1) is 0 Å². The van der Waals surface area contributed by atoms with Crippen LogP contribution in [-0.2, 0) is 11.8 Å². The number of nitrogens with zero attached hydrogens (tertiary/aromatic N) is 4. The van der Waals surface area contributed by atoms with Crippen molar-refractivity contribution >= 4 is 38.9 Å². The van der Waals surface area contributed by atoms with Crippen LogP contribution < -0.4 is 5.73 Å². The zero-order chi connectivity index (χ0) is 18.4. The molecule has 25 heavy (non-hydrogen) atoms. The lowest BCUT2D eigenvalue weighted by Gasteiger charge is -2.33. The van der Waals surface area contributed by atoms with Crippen LogP contribution in [0.5, 0.6) is 0 Å². The standard InChI is InChI=1S/C17H24BrN5O2/c1-17(2,3)25-16(24)23-7-5-10(6-8-23)11-12-14(19)20-9-21-15(12)22(4)13(11)18/h9-10H,5-8H2,1-4H3,(H2,19,20,21). The summed E-state index contributed by atoms with van der Waals surface area (Å²) in [7, 11) is 1.96. The molecular formula is C17H24BrN5O2. The topological polar surface area (TPSA) is 86.3 Å². The minimum Gasteiger partial charge on any atom is -0.444 e. The summed E-state index contributed by atoms with van der Waals surface area (Å²) >= 11 is 3.68. The van der Waals surface area contributed by atoms with Crippen LogP contribution in [0.25, 0.3) is 11.0 Å². The van der Waals surface area contributed by atoms with Crippen molar-refractivity contribution in [1.82, 2.24) is 19.4 Å². The molecule has 0 unspecified atom stereocenters. The molecule has 0 radical (unpaired) electrons. The van der Waals surface area contributed by atoms with E-state index >= 15 is 0 Å². The molecular weight excluding hydrogens is 386 g/mol. The van der Waals surface area contributed by atoms with Gasteiger partial charge in [-0.05, 0) is 55.5 Å². The van der Waals surface area contributed by atoms with Crippen LogP contribution in [0.3, 0.4) is 0 Å². The second-order valence-corrected chi connectivity index (χ2v) is 8.21. The Hall–Kier alpha value is -1.83. The minimum absolute atomic E-state index is 0.245. The predicted octanol–water partition coefficient (Wildman–Crippen LogP) is 3.43. The summed E-state index contributed by atoms with van der Waals surface area (Å²) in [6.07, 6.45) is 2.95. The number of ether oxygens (including phenoxy) is 1. The van der Waals surface area contributed by atoms with Crippen LogP contribution in [0.1, 0.15) is 45.1 Å². The van der Waals surface area contributed by atoms with E-state index in [9.17, 15) is 4.79 Å². The zero-order valence-electron chi connectivity index (χ0n) is 15.0. The molecule has 1 aliphatic heterocycles. The van der Waals surface area contributed by atoms with E-state index in [2.05, 4.69) is 25.9 Å². The fourth-order valence-electron chi connectivity index (χ4n) is 3.33. The van der Waals surface area contributed by atoms with Crippen molar-refractivity contribution < 1.29 is 9.53 Å². The first-order valence-corrected chi connectivity index (χ1v) is 9.20. The number of nitrogen functional groups attached to an aromatic ring is 1. The van der Waals surface area contributed by atoms with Crippen LogP contribution >= 0.6 is 15.9 Å². The van der Waals surface area contributed by atoms with Crippen LogP contribution in [0.2, 0.25) is 0 Å². The number of aryl methyl sites for hydroxylation is 1. The SMILES string of the molecule is Cn1c(Br)c(C2CCN(C(=O)OC(C)(C)C)CC2)c2c(N)ncnc21. The number of piperidine rings is 1. The summed E-state index contributed by atoms with van der Waals surface area (Å²) in [6.45, 7) is 6.97. The number of amides is 1. The molecule has 0 aliphatic carbocycles. The summed E-state index contributed by atoms with van der Waals surface area (Å²) in [5.74, 6) is 0.793. The highest BCUT2D eigenvalue weighted by molar-refractivity contribution is 9.10. The number of rotatable bonds is 1. The summed E-state index contributed by atoms with van der Waals surface area (Å²) in [5, 5.41) is 0.910. The number of anilines is 1. The number of fused-ring (bicyclic) bond motifs is 1. The maximum absolute atomic E-state index is 12.2. The molecule has 2 aromatic rings. The highest BCUT2D eigenvalue weighted by Gasteiger charge is 2.31. The summed E-state index contributed by atoms with van der Waals surface area (Å²) < 4.78 is 8.44. The maximum atomic E-state index is 12.2. The highest BCUT2D eigenvalue weighted by Crippen LogP contribution is 2.40. The van der Waals surface area contributed by atoms with Crippen molar-refractivity contribution in [2.24, 2.45) is 7.05 Å². The highest BCUT2D eigenvalue weighted by atomic mass is 79.9. The van der Waals surface area contributed by atoms with Crippen molar-refractivity contribution in [3.05, 3.63) is 16.5 Å². The van der Waals surface area contributed by atoms with E-state index in [0.717, 1.165) is 34.0 Å². The minimum atomic E-state index is -0.474. The van der Waals surface area contributed by atoms with Gasteiger partial charge in [-0.25, -0.2) is 14.8 Å². The molecule has 0 spiro atoms. The van der Waals surface area contributed by atoms with Crippen LogP contribution in [0.15, 0.2) is 10.9 Å². The molecule has 1 aliphatic rings.